The SMILES string of the molecule is Cc1ccc(-c2cn(-c3ccc(C)cc3)c(NC(=O)CN(CCN(C)C)C(=O)c3ccc4c(c3)OCO4)n2)cc1. The van der Waals surface area contributed by atoms with E-state index in [2.05, 4.69) is 5.32 Å². The lowest BCUT2D eigenvalue weighted by atomic mass is 10.1. The molecule has 5 rings (SSSR count). The van der Waals surface area contributed by atoms with Crippen molar-refractivity contribution in [3.8, 4) is 28.4 Å². The second-order valence-corrected chi connectivity index (χ2v) is 10.2. The number of nitrogens with zero attached hydrogens (tertiary/aromatic N) is 4. The summed E-state index contributed by atoms with van der Waals surface area (Å²) in [5.74, 6) is 0.889. The second kappa shape index (κ2) is 11.6. The first-order valence-electron chi connectivity index (χ1n) is 13.1. The van der Waals surface area contributed by atoms with Crippen molar-refractivity contribution in [3.63, 3.8) is 0 Å². The first kappa shape index (κ1) is 27.0. The number of fused-ring (bicyclic) bond motifs is 1. The molecule has 1 aliphatic heterocycles. The molecule has 0 saturated heterocycles. The van der Waals surface area contributed by atoms with Gasteiger partial charge in [-0.15, -0.1) is 0 Å². The summed E-state index contributed by atoms with van der Waals surface area (Å²) in [5.41, 5.74) is 5.26. The van der Waals surface area contributed by atoms with E-state index in [-0.39, 0.29) is 25.2 Å². The van der Waals surface area contributed by atoms with Gasteiger partial charge in [0.1, 0.15) is 6.54 Å². The van der Waals surface area contributed by atoms with Crippen LogP contribution in [0.1, 0.15) is 21.5 Å². The summed E-state index contributed by atoms with van der Waals surface area (Å²) in [4.78, 5) is 35.2. The average Bonchev–Trinajstić information content (AvgIpc) is 3.58. The fraction of sp³-hybridized carbons (Fsp3) is 0.258. The first-order valence-corrected chi connectivity index (χ1v) is 13.1. The maximum atomic E-state index is 13.5. The molecule has 1 aliphatic rings. The number of hydrogen-bond acceptors (Lipinski definition) is 6. The van der Waals surface area contributed by atoms with Crippen LogP contribution in [0.15, 0.2) is 72.9 Å². The van der Waals surface area contributed by atoms with Crippen LogP contribution in [0.4, 0.5) is 5.95 Å². The van der Waals surface area contributed by atoms with Gasteiger partial charge in [0, 0.05) is 36.1 Å². The molecule has 9 heteroatoms. The van der Waals surface area contributed by atoms with Crippen LogP contribution in [0.3, 0.4) is 0 Å². The molecule has 0 radical (unpaired) electrons. The fourth-order valence-electron chi connectivity index (χ4n) is 4.36. The van der Waals surface area contributed by atoms with Gasteiger partial charge in [-0.25, -0.2) is 4.98 Å². The number of nitrogens with one attached hydrogen (secondary N) is 1. The van der Waals surface area contributed by atoms with E-state index in [4.69, 9.17) is 14.5 Å². The van der Waals surface area contributed by atoms with Crippen LogP contribution < -0.4 is 14.8 Å². The van der Waals surface area contributed by atoms with Crippen LogP contribution in [-0.4, -0.2) is 71.7 Å². The first-order chi connectivity index (χ1) is 19.3. The van der Waals surface area contributed by atoms with Gasteiger partial charge >= 0.3 is 0 Å². The zero-order valence-electron chi connectivity index (χ0n) is 23.2. The monoisotopic (exact) mass is 539 g/mol. The number of imidazole rings is 1. The minimum Gasteiger partial charge on any atom is -0.454 e. The largest absolute Gasteiger partial charge is 0.454 e. The number of amides is 2. The van der Waals surface area contributed by atoms with Crippen LogP contribution in [0, 0.1) is 13.8 Å². The maximum absolute atomic E-state index is 13.5. The van der Waals surface area contributed by atoms with Crippen LogP contribution in [0.2, 0.25) is 0 Å². The molecular weight excluding hydrogens is 506 g/mol. The predicted octanol–water partition coefficient (Wildman–Crippen LogP) is 4.53. The van der Waals surface area contributed by atoms with E-state index in [0.717, 1.165) is 28.1 Å². The third-order valence-electron chi connectivity index (χ3n) is 6.67. The quantitative estimate of drug-likeness (QED) is 0.336. The predicted molar refractivity (Wildman–Crippen MR) is 154 cm³/mol. The highest BCUT2D eigenvalue weighted by atomic mass is 16.7. The molecule has 0 bridgehead atoms. The number of rotatable bonds is 9. The lowest BCUT2D eigenvalue weighted by Gasteiger charge is -2.24. The lowest BCUT2D eigenvalue weighted by molar-refractivity contribution is -0.117. The standard InChI is InChI=1S/C31H33N5O4/c1-21-5-9-23(10-6-21)26-18-36(25-12-7-22(2)8-13-25)31(32-26)33-29(37)19-35(16-15-34(3)4)30(38)24-11-14-27-28(17-24)40-20-39-27/h5-14,17-18H,15-16,19-20H2,1-4H3,(H,32,33,37). The molecule has 4 aromatic rings. The number of carbonyl (C=O) groups excluding carboxylic acids is 2. The van der Waals surface area contributed by atoms with Crippen molar-refractivity contribution >= 4 is 17.8 Å². The molecule has 0 spiro atoms. The van der Waals surface area contributed by atoms with E-state index in [1.165, 1.54) is 4.90 Å². The van der Waals surface area contributed by atoms with Crippen molar-refractivity contribution in [1.29, 1.82) is 0 Å². The fourth-order valence-corrected chi connectivity index (χ4v) is 4.36. The highest BCUT2D eigenvalue weighted by Gasteiger charge is 2.23. The third-order valence-corrected chi connectivity index (χ3v) is 6.67. The summed E-state index contributed by atoms with van der Waals surface area (Å²) in [6.45, 7) is 5.01. The number of likely N-dealkylation sites (N-methyl/N-ethyl adjacent to an activating group) is 1. The maximum Gasteiger partial charge on any atom is 0.254 e. The van der Waals surface area contributed by atoms with Gasteiger partial charge in [-0.3, -0.25) is 19.5 Å². The Bertz CT molecular complexity index is 1510. The Labute approximate surface area is 234 Å². The lowest BCUT2D eigenvalue weighted by Crippen LogP contribution is -2.41. The van der Waals surface area contributed by atoms with Crippen LogP contribution >= 0.6 is 0 Å². The molecule has 0 saturated carbocycles. The average molecular weight is 540 g/mol. The van der Waals surface area contributed by atoms with E-state index in [0.29, 0.717) is 36.1 Å². The molecule has 1 N–H and O–H groups in total. The van der Waals surface area contributed by atoms with Crippen molar-refractivity contribution in [3.05, 3.63) is 89.6 Å². The Hall–Kier alpha value is -4.63. The van der Waals surface area contributed by atoms with Gasteiger partial charge in [-0.2, -0.15) is 0 Å². The van der Waals surface area contributed by atoms with Crippen molar-refractivity contribution in [2.45, 2.75) is 13.8 Å². The molecule has 1 aromatic heterocycles. The Morgan fingerprint density at radius 1 is 0.900 bits per heavy atom. The highest BCUT2D eigenvalue weighted by Crippen LogP contribution is 2.33. The van der Waals surface area contributed by atoms with Gasteiger partial charge in [-0.05, 0) is 58.3 Å². The minimum atomic E-state index is -0.345. The van der Waals surface area contributed by atoms with Gasteiger partial charge in [0.05, 0.1) is 5.69 Å². The molecule has 40 heavy (non-hydrogen) atoms. The summed E-state index contributed by atoms with van der Waals surface area (Å²) < 4.78 is 12.7. The number of ether oxygens (including phenoxy) is 2. The van der Waals surface area contributed by atoms with Gasteiger partial charge in [-0.1, -0.05) is 47.5 Å². The molecule has 9 nitrogen and oxygen atoms in total. The second-order valence-electron chi connectivity index (χ2n) is 10.2. The zero-order valence-corrected chi connectivity index (χ0v) is 23.2. The zero-order chi connectivity index (χ0) is 28.2. The topological polar surface area (TPSA) is 88.9 Å². The molecule has 3 aromatic carbocycles. The van der Waals surface area contributed by atoms with Gasteiger partial charge in [0.25, 0.3) is 5.91 Å². The number of benzene rings is 3. The molecule has 2 amide bonds. The number of hydrogen-bond donors (Lipinski definition) is 1. The Morgan fingerprint density at radius 2 is 1.57 bits per heavy atom. The van der Waals surface area contributed by atoms with Crippen molar-refractivity contribution in [2.75, 3.05) is 45.8 Å². The molecular formula is C31H33N5O4. The molecule has 0 unspecified atom stereocenters. The van der Waals surface area contributed by atoms with Crippen molar-refractivity contribution in [2.24, 2.45) is 0 Å². The van der Waals surface area contributed by atoms with Crippen molar-refractivity contribution < 1.29 is 19.1 Å². The van der Waals surface area contributed by atoms with E-state index in [1.807, 2.05) is 92.1 Å². The number of anilines is 1. The molecule has 0 aliphatic carbocycles. The smallest absolute Gasteiger partial charge is 0.254 e. The summed E-state index contributed by atoms with van der Waals surface area (Å²) in [5, 5.41) is 2.95. The van der Waals surface area contributed by atoms with Gasteiger partial charge < -0.3 is 19.3 Å². The Morgan fingerprint density at radius 3 is 2.27 bits per heavy atom. The molecule has 206 valence electrons. The van der Waals surface area contributed by atoms with Crippen LogP contribution in [0.5, 0.6) is 11.5 Å². The number of carbonyl (C=O) groups is 2. The van der Waals surface area contributed by atoms with Gasteiger partial charge in [0.15, 0.2) is 11.5 Å². The normalized spacial score (nSPS) is 12.0. The summed E-state index contributed by atoms with van der Waals surface area (Å²) in [7, 11) is 3.85. The van der Waals surface area contributed by atoms with Gasteiger partial charge in [0.2, 0.25) is 18.6 Å². The summed E-state index contributed by atoms with van der Waals surface area (Å²) in [6, 6.07) is 21.1. The van der Waals surface area contributed by atoms with E-state index < -0.39 is 0 Å². The van der Waals surface area contributed by atoms with E-state index in [9.17, 15) is 9.59 Å². The molecule has 0 fully saturated rings. The number of aromatic nitrogens is 2. The van der Waals surface area contributed by atoms with Crippen LogP contribution in [-0.2, 0) is 4.79 Å². The highest BCUT2D eigenvalue weighted by molar-refractivity contribution is 5.99. The third kappa shape index (κ3) is 6.16. The minimum absolute atomic E-state index is 0.123. The summed E-state index contributed by atoms with van der Waals surface area (Å²) in [6.07, 6.45) is 1.91. The van der Waals surface area contributed by atoms with Crippen molar-refractivity contribution in [1.82, 2.24) is 19.4 Å². The van der Waals surface area contributed by atoms with E-state index in [1.54, 1.807) is 18.2 Å². The molecule has 2 heterocycles. The van der Waals surface area contributed by atoms with Crippen LogP contribution in [0.25, 0.3) is 16.9 Å². The molecule has 0 atom stereocenters. The van der Waals surface area contributed by atoms with E-state index >= 15 is 0 Å². The summed E-state index contributed by atoms with van der Waals surface area (Å²) >= 11 is 0. The number of aryl methyl sites for hydroxylation is 2. The Kier molecular flexibility index (Phi) is 7.84. The Balaban J connectivity index is 1.40.